The van der Waals surface area contributed by atoms with Gasteiger partial charge in [-0.05, 0) is 74.0 Å². The van der Waals surface area contributed by atoms with Crippen molar-refractivity contribution in [2.75, 3.05) is 6.54 Å². The number of nitrogens with one attached hydrogen (secondary N) is 2. The molecule has 1 heterocycles. The van der Waals surface area contributed by atoms with Gasteiger partial charge in [-0.15, -0.1) is 0 Å². The standard InChI is InChI=1S/C33H55N3O3/c1-21(2)27(36-20-25(37)35-31(9,10)32(36,11)12)34-28(39)33(16-14-13-15-17-33)22-18-23(29(3,4)5)26(38)24(19-22)30(6,7)8/h18-19,21,27,38H,13-17,20H2,1-12H3,(H,34,39)(H,35,37). The lowest BCUT2D eigenvalue weighted by Crippen LogP contribution is -2.76. The Kier molecular flexibility index (Phi) is 8.38. The van der Waals surface area contributed by atoms with E-state index in [9.17, 15) is 14.7 Å². The maximum atomic E-state index is 14.6. The first-order chi connectivity index (χ1) is 17.6. The topological polar surface area (TPSA) is 81.7 Å². The minimum Gasteiger partial charge on any atom is -0.507 e. The Labute approximate surface area is 237 Å². The predicted molar refractivity (Wildman–Crippen MR) is 160 cm³/mol. The Morgan fingerprint density at radius 3 is 1.87 bits per heavy atom. The van der Waals surface area contributed by atoms with Gasteiger partial charge in [-0.2, -0.15) is 0 Å². The van der Waals surface area contributed by atoms with Crippen LogP contribution in [0.2, 0.25) is 0 Å². The van der Waals surface area contributed by atoms with Crippen LogP contribution in [-0.2, 0) is 25.8 Å². The molecule has 0 spiro atoms. The highest BCUT2D eigenvalue weighted by Crippen LogP contribution is 2.47. The van der Waals surface area contributed by atoms with Gasteiger partial charge in [0.2, 0.25) is 11.8 Å². The second kappa shape index (κ2) is 10.4. The molecule has 39 heavy (non-hydrogen) atoms. The average molecular weight is 542 g/mol. The summed E-state index contributed by atoms with van der Waals surface area (Å²) in [5, 5.41) is 18.0. The van der Waals surface area contributed by atoms with Crippen molar-refractivity contribution in [2.24, 2.45) is 5.92 Å². The smallest absolute Gasteiger partial charge is 0.234 e. The maximum Gasteiger partial charge on any atom is 0.234 e. The van der Waals surface area contributed by atoms with Crippen LogP contribution in [0, 0.1) is 5.92 Å². The molecule has 3 N–H and O–H groups in total. The third-order valence-corrected chi connectivity index (χ3v) is 9.68. The molecule has 0 radical (unpaired) electrons. The summed E-state index contributed by atoms with van der Waals surface area (Å²) < 4.78 is 0. The van der Waals surface area contributed by atoms with Crippen LogP contribution in [0.1, 0.15) is 132 Å². The highest BCUT2D eigenvalue weighted by atomic mass is 16.3. The Hall–Kier alpha value is -2.08. The van der Waals surface area contributed by atoms with Gasteiger partial charge in [0.05, 0.1) is 23.7 Å². The van der Waals surface area contributed by atoms with E-state index >= 15 is 0 Å². The number of benzene rings is 1. The number of aromatic hydroxyl groups is 1. The number of phenolic OH excluding ortho intramolecular Hbond substituents is 1. The maximum absolute atomic E-state index is 14.6. The molecule has 1 saturated heterocycles. The zero-order valence-corrected chi connectivity index (χ0v) is 26.8. The summed E-state index contributed by atoms with van der Waals surface area (Å²) in [6.45, 7) is 25.6. The zero-order valence-electron chi connectivity index (χ0n) is 26.8. The van der Waals surface area contributed by atoms with Crippen molar-refractivity contribution >= 4 is 11.8 Å². The van der Waals surface area contributed by atoms with Crippen LogP contribution < -0.4 is 10.6 Å². The molecule has 2 fully saturated rings. The molecule has 1 saturated carbocycles. The normalized spacial score (nSPS) is 22.3. The average Bonchev–Trinajstić information content (AvgIpc) is 2.78. The van der Waals surface area contributed by atoms with Crippen molar-refractivity contribution in [1.82, 2.24) is 15.5 Å². The number of hydrogen-bond acceptors (Lipinski definition) is 4. The molecule has 6 nitrogen and oxygen atoms in total. The first-order valence-corrected chi connectivity index (χ1v) is 14.9. The van der Waals surface area contributed by atoms with E-state index in [1.807, 2.05) is 0 Å². The largest absolute Gasteiger partial charge is 0.507 e. The summed E-state index contributed by atoms with van der Waals surface area (Å²) in [6, 6.07) is 4.20. The van der Waals surface area contributed by atoms with Gasteiger partial charge in [0.15, 0.2) is 0 Å². The van der Waals surface area contributed by atoms with Gasteiger partial charge in [0.1, 0.15) is 5.75 Å². The number of phenols is 1. The van der Waals surface area contributed by atoms with Crippen LogP contribution in [0.4, 0.5) is 0 Å². The summed E-state index contributed by atoms with van der Waals surface area (Å²) in [4.78, 5) is 29.6. The van der Waals surface area contributed by atoms with E-state index in [1.165, 1.54) is 0 Å². The minimum atomic E-state index is -0.684. The molecule has 0 bridgehead atoms. The number of carbonyl (C=O) groups excluding carboxylic acids is 2. The van der Waals surface area contributed by atoms with Crippen LogP contribution in [0.5, 0.6) is 5.75 Å². The number of carbonyl (C=O) groups is 2. The van der Waals surface area contributed by atoms with Crippen LogP contribution in [0.25, 0.3) is 0 Å². The van der Waals surface area contributed by atoms with Gasteiger partial charge < -0.3 is 15.7 Å². The first-order valence-electron chi connectivity index (χ1n) is 14.9. The molecule has 1 aliphatic heterocycles. The second-order valence-electron chi connectivity index (χ2n) is 15.6. The zero-order chi connectivity index (χ0) is 29.8. The molecule has 6 heteroatoms. The van der Waals surface area contributed by atoms with Crippen molar-refractivity contribution < 1.29 is 14.7 Å². The molecule has 2 amide bonds. The third kappa shape index (κ3) is 5.87. The molecule has 0 aromatic heterocycles. The molecule has 3 rings (SSSR count). The lowest BCUT2D eigenvalue weighted by Gasteiger charge is -2.56. The van der Waals surface area contributed by atoms with E-state index in [-0.39, 0.29) is 46.8 Å². The summed E-state index contributed by atoms with van der Waals surface area (Å²) in [5.74, 6) is 0.458. The third-order valence-electron chi connectivity index (χ3n) is 9.68. The summed E-state index contributed by atoms with van der Waals surface area (Å²) in [6.07, 6.45) is 4.35. The van der Waals surface area contributed by atoms with E-state index < -0.39 is 11.0 Å². The van der Waals surface area contributed by atoms with Crippen molar-refractivity contribution in [3.05, 3.63) is 28.8 Å². The van der Waals surface area contributed by atoms with Gasteiger partial charge in [-0.1, -0.05) is 86.8 Å². The Balaban J connectivity index is 2.15. The SMILES string of the molecule is CC(C)C(NC(=O)C1(c2cc(C(C)(C)C)c(O)c(C(C)(C)C)c2)CCCCC1)N1CC(=O)NC(C)(C)C1(C)C. The van der Waals surface area contributed by atoms with E-state index in [1.54, 1.807) is 0 Å². The van der Waals surface area contributed by atoms with Crippen molar-refractivity contribution in [1.29, 1.82) is 0 Å². The van der Waals surface area contributed by atoms with Crippen LogP contribution >= 0.6 is 0 Å². The van der Waals surface area contributed by atoms with E-state index in [4.69, 9.17) is 0 Å². The van der Waals surface area contributed by atoms with Crippen LogP contribution in [0.15, 0.2) is 12.1 Å². The molecule has 1 aliphatic carbocycles. The predicted octanol–water partition coefficient (Wildman–Crippen LogP) is 6.28. The number of piperazine rings is 1. The van der Waals surface area contributed by atoms with Gasteiger partial charge in [-0.25, -0.2) is 0 Å². The van der Waals surface area contributed by atoms with Crippen molar-refractivity contribution in [3.8, 4) is 5.75 Å². The number of hydrogen-bond donors (Lipinski definition) is 3. The van der Waals surface area contributed by atoms with E-state index in [2.05, 4.69) is 111 Å². The summed E-state index contributed by atoms with van der Waals surface area (Å²) >= 11 is 0. The molecular weight excluding hydrogens is 486 g/mol. The molecule has 1 aromatic carbocycles. The van der Waals surface area contributed by atoms with Crippen LogP contribution in [-0.4, -0.2) is 45.6 Å². The lowest BCUT2D eigenvalue weighted by molar-refractivity contribution is -0.144. The second-order valence-corrected chi connectivity index (χ2v) is 15.6. The van der Waals surface area contributed by atoms with E-state index in [0.29, 0.717) is 5.75 Å². The number of nitrogens with zero attached hydrogens (tertiary/aromatic N) is 1. The van der Waals surface area contributed by atoms with Crippen LogP contribution in [0.3, 0.4) is 0 Å². The van der Waals surface area contributed by atoms with Crippen molar-refractivity contribution in [2.45, 2.75) is 149 Å². The Bertz CT molecular complexity index is 1050. The fourth-order valence-electron chi connectivity index (χ4n) is 6.43. The summed E-state index contributed by atoms with van der Waals surface area (Å²) in [5.41, 5.74) is 0.718. The fourth-order valence-corrected chi connectivity index (χ4v) is 6.43. The Morgan fingerprint density at radius 1 is 0.949 bits per heavy atom. The molecular formula is C33H55N3O3. The molecule has 220 valence electrons. The molecule has 2 aliphatic rings. The van der Waals surface area contributed by atoms with Gasteiger partial charge >= 0.3 is 0 Å². The minimum absolute atomic E-state index is 0.0187. The van der Waals surface area contributed by atoms with Gasteiger partial charge in [0, 0.05) is 5.54 Å². The molecule has 1 atom stereocenters. The fraction of sp³-hybridized carbons (Fsp3) is 0.758. The lowest BCUT2D eigenvalue weighted by atomic mass is 9.66. The number of amides is 2. The van der Waals surface area contributed by atoms with Gasteiger partial charge in [0.25, 0.3) is 0 Å². The highest BCUT2D eigenvalue weighted by molar-refractivity contribution is 5.89. The monoisotopic (exact) mass is 541 g/mol. The highest BCUT2D eigenvalue weighted by Gasteiger charge is 2.51. The van der Waals surface area contributed by atoms with Crippen molar-refractivity contribution in [3.63, 3.8) is 0 Å². The molecule has 1 aromatic rings. The number of rotatable bonds is 5. The quantitative estimate of drug-likeness (QED) is 0.410. The summed E-state index contributed by atoms with van der Waals surface area (Å²) in [7, 11) is 0. The van der Waals surface area contributed by atoms with E-state index in [0.717, 1.165) is 48.8 Å². The van der Waals surface area contributed by atoms with Gasteiger partial charge in [-0.3, -0.25) is 14.5 Å². The molecule has 1 unspecified atom stereocenters. The first kappa shape index (κ1) is 31.4. The Morgan fingerprint density at radius 2 is 1.44 bits per heavy atom.